The molecule has 2 aromatic rings. The predicted octanol–water partition coefficient (Wildman–Crippen LogP) is 1.91. The molecule has 96 valence electrons. The number of nitrogens with zero attached hydrogens (tertiary/aromatic N) is 2. The molecule has 1 aliphatic heterocycles. The number of nitrogens with one attached hydrogen (secondary N) is 1. The molecule has 5 nitrogen and oxygen atoms in total. The third-order valence-electron chi connectivity index (χ3n) is 3.22. The number of carbonyl (C=O) groups excluding carboxylic acids is 2. The summed E-state index contributed by atoms with van der Waals surface area (Å²) in [6.45, 7) is 0. The van der Waals surface area contributed by atoms with E-state index in [0.29, 0.717) is 18.5 Å². The highest BCUT2D eigenvalue weighted by Gasteiger charge is 2.30. The Morgan fingerprint density at radius 3 is 2.95 bits per heavy atom. The minimum atomic E-state index is -0.407. The number of halogens is 1. The topological polar surface area (TPSA) is 72.0 Å². The Morgan fingerprint density at radius 1 is 1.32 bits per heavy atom. The first kappa shape index (κ1) is 12.2. The molecule has 0 saturated carbocycles. The maximum Gasteiger partial charge on any atom is 0.235 e. The quantitative estimate of drug-likeness (QED) is 0.815. The highest BCUT2D eigenvalue weighted by Crippen LogP contribution is 2.29. The van der Waals surface area contributed by atoms with Gasteiger partial charge in [-0.15, -0.1) is 0 Å². The van der Waals surface area contributed by atoms with Gasteiger partial charge in [-0.2, -0.15) is 10.2 Å². The van der Waals surface area contributed by atoms with Crippen molar-refractivity contribution in [3.8, 4) is 0 Å². The normalized spacial score (nSPS) is 19.5. The van der Waals surface area contributed by atoms with Crippen LogP contribution in [0.2, 0.25) is 0 Å². The molecule has 19 heavy (non-hydrogen) atoms. The summed E-state index contributed by atoms with van der Waals surface area (Å²) in [7, 11) is 0. The zero-order valence-electron chi connectivity index (χ0n) is 9.89. The number of rotatable bonds is 1. The number of hydrogen-bond donors (Lipinski definition) is 1. The summed E-state index contributed by atoms with van der Waals surface area (Å²) in [5.74, 6) is -0.923. The summed E-state index contributed by atoms with van der Waals surface area (Å²) >= 11 is 3.40. The monoisotopic (exact) mass is 319 g/mol. The molecule has 0 radical (unpaired) electrons. The van der Waals surface area contributed by atoms with E-state index in [1.54, 1.807) is 6.20 Å². The van der Waals surface area contributed by atoms with E-state index < -0.39 is 5.92 Å². The first-order valence-corrected chi connectivity index (χ1v) is 6.69. The molecule has 1 saturated heterocycles. The van der Waals surface area contributed by atoms with Crippen LogP contribution in [0.1, 0.15) is 24.5 Å². The van der Waals surface area contributed by atoms with E-state index in [2.05, 4.69) is 31.4 Å². The maximum absolute atomic E-state index is 11.9. The molecule has 1 fully saturated rings. The van der Waals surface area contributed by atoms with E-state index in [1.807, 2.05) is 18.2 Å². The zero-order valence-corrected chi connectivity index (χ0v) is 11.5. The molecule has 6 heteroatoms. The average molecular weight is 320 g/mol. The van der Waals surface area contributed by atoms with Crippen molar-refractivity contribution in [2.45, 2.75) is 18.8 Å². The third kappa shape index (κ3) is 2.23. The van der Waals surface area contributed by atoms with Crippen LogP contribution >= 0.6 is 15.9 Å². The van der Waals surface area contributed by atoms with Crippen LogP contribution < -0.4 is 5.32 Å². The highest BCUT2D eigenvalue weighted by molar-refractivity contribution is 9.10. The Balaban J connectivity index is 2.10. The first-order valence-electron chi connectivity index (χ1n) is 5.89. The van der Waals surface area contributed by atoms with Crippen LogP contribution in [0.4, 0.5) is 0 Å². The first-order chi connectivity index (χ1) is 9.15. The molecular formula is C13H10BrN3O2. The van der Waals surface area contributed by atoms with Gasteiger partial charge < -0.3 is 0 Å². The lowest BCUT2D eigenvalue weighted by atomic mass is 9.92. The van der Waals surface area contributed by atoms with Gasteiger partial charge in [0.05, 0.1) is 17.8 Å². The van der Waals surface area contributed by atoms with Crippen molar-refractivity contribution < 1.29 is 9.59 Å². The third-order valence-corrected chi connectivity index (χ3v) is 3.71. The lowest BCUT2D eigenvalue weighted by Crippen LogP contribution is -2.39. The summed E-state index contributed by atoms with van der Waals surface area (Å²) in [5, 5.41) is 12.2. The number of amides is 2. The molecule has 1 N–H and O–H groups in total. The molecule has 0 bridgehead atoms. The fourth-order valence-electron chi connectivity index (χ4n) is 2.29. The molecule has 1 aliphatic rings. The number of imide groups is 1. The van der Waals surface area contributed by atoms with E-state index in [9.17, 15) is 9.59 Å². The van der Waals surface area contributed by atoms with E-state index in [0.717, 1.165) is 15.2 Å². The summed E-state index contributed by atoms with van der Waals surface area (Å²) in [6, 6.07) is 5.74. The fraction of sp³-hybridized carbons (Fsp3) is 0.231. The SMILES string of the molecule is O=C1CCC(c2nncc3cc(Br)ccc23)C(=O)N1. The maximum atomic E-state index is 11.9. The van der Waals surface area contributed by atoms with Crippen LogP contribution in [0, 0.1) is 0 Å². The van der Waals surface area contributed by atoms with Gasteiger partial charge in [-0.3, -0.25) is 14.9 Å². The van der Waals surface area contributed by atoms with E-state index in [4.69, 9.17) is 0 Å². The summed E-state index contributed by atoms with van der Waals surface area (Å²) in [6.07, 6.45) is 2.48. The van der Waals surface area contributed by atoms with Crippen LogP contribution in [-0.4, -0.2) is 22.0 Å². The smallest absolute Gasteiger partial charge is 0.235 e. The lowest BCUT2D eigenvalue weighted by molar-refractivity contribution is -0.134. The number of hydrogen-bond acceptors (Lipinski definition) is 4. The van der Waals surface area contributed by atoms with Crippen molar-refractivity contribution in [3.05, 3.63) is 34.6 Å². The van der Waals surface area contributed by atoms with E-state index in [1.165, 1.54) is 0 Å². The molecule has 2 amide bonds. The number of piperidine rings is 1. The molecule has 3 rings (SSSR count). The highest BCUT2D eigenvalue weighted by atomic mass is 79.9. The van der Waals surface area contributed by atoms with Gasteiger partial charge in [0.25, 0.3) is 0 Å². The molecule has 0 spiro atoms. The second kappa shape index (κ2) is 4.70. The van der Waals surface area contributed by atoms with Crippen LogP contribution in [0.25, 0.3) is 10.8 Å². The minimum absolute atomic E-state index is 0.225. The van der Waals surface area contributed by atoms with Crippen molar-refractivity contribution in [2.24, 2.45) is 0 Å². The van der Waals surface area contributed by atoms with Crippen molar-refractivity contribution >= 4 is 38.5 Å². The second-order valence-corrected chi connectivity index (χ2v) is 5.38. The van der Waals surface area contributed by atoms with Crippen molar-refractivity contribution in [3.63, 3.8) is 0 Å². The van der Waals surface area contributed by atoms with Crippen LogP contribution in [-0.2, 0) is 9.59 Å². The summed E-state index contributed by atoms with van der Waals surface area (Å²) in [4.78, 5) is 23.1. The van der Waals surface area contributed by atoms with E-state index >= 15 is 0 Å². The van der Waals surface area contributed by atoms with Gasteiger partial charge in [-0.25, -0.2) is 0 Å². The molecule has 1 unspecified atom stereocenters. The van der Waals surface area contributed by atoms with Gasteiger partial charge in [0, 0.05) is 21.7 Å². The number of benzene rings is 1. The Kier molecular flexibility index (Phi) is 3.02. The molecule has 1 aromatic carbocycles. The Labute approximate surface area is 117 Å². The zero-order chi connectivity index (χ0) is 13.4. The van der Waals surface area contributed by atoms with Gasteiger partial charge >= 0.3 is 0 Å². The van der Waals surface area contributed by atoms with Gasteiger partial charge in [0.2, 0.25) is 11.8 Å². The van der Waals surface area contributed by atoms with Crippen molar-refractivity contribution in [1.82, 2.24) is 15.5 Å². The summed E-state index contributed by atoms with van der Waals surface area (Å²) in [5.41, 5.74) is 0.634. The molecular weight excluding hydrogens is 310 g/mol. The van der Waals surface area contributed by atoms with Crippen molar-refractivity contribution in [1.29, 1.82) is 0 Å². The molecule has 1 aromatic heterocycles. The Hall–Kier alpha value is -1.82. The number of aromatic nitrogens is 2. The van der Waals surface area contributed by atoms with E-state index in [-0.39, 0.29) is 11.8 Å². The Morgan fingerprint density at radius 2 is 2.16 bits per heavy atom. The Bertz CT molecular complexity index is 687. The van der Waals surface area contributed by atoms with Gasteiger partial charge in [0.1, 0.15) is 0 Å². The summed E-state index contributed by atoms with van der Waals surface area (Å²) < 4.78 is 0.947. The average Bonchev–Trinajstić information content (AvgIpc) is 2.38. The van der Waals surface area contributed by atoms with Crippen LogP contribution in [0.15, 0.2) is 28.9 Å². The molecule has 0 aliphatic carbocycles. The lowest BCUT2D eigenvalue weighted by Gasteiger charge is -2.20. The fourth-order valence-corrected chi connectivity index (χ4v) is 2.67. The van der Waals surface area contributed by atoms with Crippen LogP contribution in [0.5, 0.6) is 0 Å². The number of fused-ring (bicyclic) bond motifs is 1. The minimum Gasteiger partial charge on any atom is -0.296 e. The van der Waals surface area contributed by atoms with Gasteiger partial charge in [0.15, 0.2) is 0 Å². The standard InChI is InChI=1S/C13H10BrN3O2/c14-8-1-2-9-7(5-8)6-15-17-12(9)10-3-4-11(18)16-13(10)19/h1-2,5-6,10H,3-4H2,(H,16,18,19). The predicted molar refractivity (Wildman–Crippen MR) is 72.4 cm³/mol. The van der Waals surface area contributed by atoms with Gasteiger partial charge in [-0.1, -0.05) is 22.0 Å². The van der Waals surface area contributed by atoms with Gasteiger partial charge in [-0.05, 0) is 18.6 Å². The molecule has 2 heterocycles. The van der Waals surface area contributed by atoms with Crippen LogP contribution in [0.3, 0.4) is 0 Å². The second-order valence-electron chi connectivity index (χ2n) is 4.47. The molecule has 1 atom stereocenters. The van der Waals surface area contributed by atoms with Crippen molar-refractivity contribution in [2.75, 3.05) is 0 Å². The largest absolute Gasteiger partial charge is 0.296 e. The number of carbonyl (C=O) groups is 2.